The minimum atomic E-state index is -0.310. The normalized spacial score (nSPS) is 14.2. The molecule has 1 heterocycles. The number of ether oxygens (including phenoxy) is 1. The lowest BCUT2D eigenvalue weighted by molar-refractivity contribution is -0.118. The van der Waals surface area contributed by atoms with Gasteiger partial charge in [0.2, 0.25) is 5.91 Å². The lowest BCUT2D eigenvalue weighted by atomic mass is 9.95. The van der Waals surface area contributed by atoms with E-state index >= 15 is 0 Å². The zero-order valence-corrected chi connectivity index (χ0v) is 19.6. The predicted molar refractivity (Wildman–Crippen MR) is 128 cm³/mol. The summed E-state index contributed by atoms with van der Waals surface area (Å²) in [6.45, 7) is 0.557. The number of benzene rings is 2. The molecule has 0 aliphatic heterocycles. The van der Waals surface area contributed by atoms with Crippen molar-refractivity contribution in [2.45, 2.75) is 49.7 Å². The number of carbonyl (C=O) groups is 1. The molecule has 33 heavy (non-hydrogen) atoms. The van der Waals surface area contributed by atoms with Crippen molar-refractivity contribution in [2.75, 3.05) is 19.4 Å². The lowest BCUT2D eigenvalue weighted by Gasteiger charge is -2.25. The highest BCUT2D eigenvalue weighted by Crippen LogP contribution is 2.36. The van der Waals surface area contributed by atoms with Crippen molar-refractivity contribution < 1.29 is 13.9 Å². The van der Waals surface area contributed by atoms with E-state index < -0.39 is 0 Å². The molecule has 1 fully saturated rings. The largest absolute Gasteiger partial charge is 0.497 e. The quantitative estimate of drug-likeness (QED) is 0.445. The standard InChI is InChI=1S/C25H29FN4O2S/c1-32-20-13-11-18(12-14-20)15-16-27-23(31)17-33-25-29-28-24(21-9-5-6-10-22(21)26)30(25)19-7-3-2-4-8-19/h5-6,9-14,19H,2-4,7-8,15-17H2,1H3,(H,27,31). The molecule has 8 heteroatoms. The summed E-state index contributed by atoms with van der Waals surface area (Å²) in [6.07, 6.45) is 6.26. The third kappa shape index (κ3) is 5.93. The van der Waals surface area contributed by atoms with E-state index in [0.717, 1.165) is 43.4 Å². The number of hydrogen-bond acceptors (Lipinski definition) is 5. The molecule has 1 N–H and O–H groups in total. The van der Waals surface area contributed by atoms with Crippen LogP contribution in [0.3, 0.4) is 0 Å². The molecule has 0 bridgehead atoms. The summed E-state index contributed by atoms with van der Waals surface area (Å²) in [7, 11) is 1.64. The second-order valence-electron chi connectivity index (χ2n) is 8.18. The maximum absolute atomic E-state index is 14.5. The summed E-state index contributed by atoms with van der Waals surface area (Å²) < 4.78 is 21.7. The van der Waals surface area contributed by atoms with Crippen LogP contribution in [0.4, 0.5) is 4.39 Å². The molecule has 1 aliphatic rings. The maximum Gasteiger partial charge on any atom is 0.230 e. The first-order chi connectivity index (χ1) is 16.2. The number of nitrogens with one attached hydrogen (secondary N) is 1. The van der Waals surface area contributed by atoms with Crippen molar-refractivity contribution in [3.8, 4) is 17.1 Å². The second kappa shape index (κ2) is 11.3. The maximum atomic E-state index is 14.5. The highest BCUT2D eigenvalue weighted by Gasteiger charge is 2.25. The van der Waals surface area contributed by atoms with Crippen molar-refractivity contribution in [1.29, 1.82) is 0 Å². The summed E-state index contributed by atoms with van der Waals surface area (Å²) in [5.41, 5.74) is 1.58. The average molecular weight is 469 g/mol. The number of aromatic nitrogens is 3. The first-order valence-electron chi connectivity index (χ1n) is 11.4. The monoisotopic (exact) mass is 468 g/mol. The Morgan fingerprint density at radius 1 is 1.12 bits per heavy atom. The molecule has 174 valence electrons. The van der Waals surface area contributed by atoms with Gasteiger partial charge in [-0.2, -0.15) is 0 Å². The summed E-state index contributed by atoms with van der Waals surface area (Å²) in [4.78, 5) is 12.5. The summed E-state index contributed by atoms with van der Waals surface area (Å²) in [5, 5.41) is 12.3. The van der Waals surface area contributed by atoms with Gasteiger partial charge in [0.25, 0.3) is 0 Å². The van der Waals surface area contributed by atoms with Crippen LogP contribution < -0.4 is 10.1 Å². The van der Waals surface area contributed by atoms with E-state index in [4.69, 9.17) is 4.74 Å². The number of thioether (sulfide) groups is 1. The SMILES string of the molecule is COc1ccc(CCNC(=O)CSc2nnc(-c3ccccc3F)n2C2CCCCC2)cc1. The van der Waals surface area contributed by atoms with Crippen LogP contribution in [0.5, 0.6) is 5.75 Å². The van der Waals surface area contributed by atoms with Gasteiger partial charge in [-0.25, -0.2) is 4.39 Å². The summed E-state index contributed by atoms with van der Waals surface area (Å²) in [5.74, 6) is 1.23. The van der Waals surface area contributed by atoms with Crippen molar-refractivity contribution in [2.24, 2.45) is 0 Å². The van der Waals surface area contributed by atoms with Crippen LogP contribution in [-0.2, 0) is 11.2 Å². The van der Waals surface area contributed by atoms with Gasteiger partial charge >= 0.3 is 0 Å². The number of halogens is 1. The Morgan fingerprint density at radius 2 is 1.88 bits per heavy atom. The molecule has 0 spiro atoms. The minimum Gasteiger partial charge on any atom is -0.497 e. The second-order valence-corrected chi connectivity index (χ2v) is 9.13. The highest BCUT2D eigenvalue weighted by atomic mass is 32.2. The molecular weight excluding hydrogens is 439 g/mol. The van der Waals surface area contributed by atoms with Gasteiger partial charge in [0.1, 0.15) is 11.6 Å². The molecule has 1 amide bonds. The zero-order valence-electron chi connectivity index (χ0n) is 18.8. The fourth-order valence-electron chi connectivity index (χ4n) is 4.19. The average Bonchev–Trinajstić information content (AvgIpc) is 3.28. The van der Waals surface area contributed by atoms with E-state index in [1.165, 1.54) is 24.2 Å². The molecule has 6 nitrogen and oxygen atoms in total. The van der Waals surface area contributed by atoms with Gasteiger partial charge in [-0.05, 0) is 49.1 Å². The van der Waals surface area contributed by atoms with Gasteiger partial charge in [0.05, 0.1) is 18.4 Å². The lowest BCUT2D eigenvalue weighted by Crippen LogP contribution is -2.27. The number of hydrogen-bond donors (Lipinski definition) is 1. The Labute approximate surface area is 197 Å². The fraction of sp³-hybridized carbons (Fsp3) is 0.400. The van der Waals surface area contributed by atoms with Crippen LogP contribution in [0.2, 0.25) is 0 Å². The van der Waals surface area contributed by atoms with E-state index in [1.807, 2.05) is 28.8 Å². The first kappa shape index (κ1) is 23.3. The van der Waals surface area contributed by atoms with Crippen molar-refractivity contribution in [3.63, 3.8) is 0 Å². The first-order valence-corrected chi connectivity index (χ1v) is 12.4. The van der Waals surface area contributed by atoms with Crippen LogP contribution in [0.15, 0.2) is 53.7 Å². The van der Waals surface area contributed by atoms with Crippen LogP contribution in [0, 0.1) is 5.82 Å². The zero-order chi connectivity index (χ0) is 23.0. The molecule has 0 atom stereocenters. The summed E-state index contributed by atoms with van der Waals surface area (Å²) in [6, 6.07) is 14.7. The van der Waals surface area contributed by atoms with Gasteiger partial charge in [-0.1, -0.05) is 55.3 Å². The van der Waals surface area contributed by atoms with Gasteiger partial charge in [-0.15, -0.1) is 10.2 Å². The molecule has 4 rings (SSSR count). The molecule has 0 saturated heterocycles. The molecule has 1 aromatic heterocycles. The molecule has 0 radical (unpaired) electrons. The molecule has 2 aromatic carbocycles. The van der Waals surface area contributed by atoms with Crippen LogP contribution in [0.25, 0.3) is 11.4 Å². The van der Waals surface area contributed by atoms with Crippen molar-refractivity contribution >= 4 is 17.7 Å². The van der Waals surface area contributed by atoms with E-state index in [1.54, 1.807) is 25.3 Å². The van der Waals surface area contributed by atoms with Gasteiger partial charge < -0.3 is 10.1 Å². The Kier molecular flexibility index (Phi) is 7.99. The highest BCUT2D eigenvalue weighted by molar-refractivity contribution is 7.99. The van der Waals surface area contributed by atoms with Crippen molar-refractivity contribution in [1.82, 2.24) is 20.1 Å². The number of rotatable bonds is 9. The summed E-state index contributed by atoms with van der Waals surface area (Å²) >= 11 is 1.36. The van der Waals surface area contributed by atoms with E-state index in [9.17, 15) is 9.18 Å². The number of amides is 1. The van der Waals surface area contributed by atoms with E-state index in [-0.39, 0.29) is 23.5 Å². The van der Waals surface area contributed by atoms with Gasteiger partial charge in [0.15, 0.2) is 11.0 Å². The minimum absolute atomic E-state index is 0.0563. The van der Waals surface area contributed by atoms with E-state index in [0.29, 0.717) is 23.1 Å². The third-order valence-corrected chi connectivity index (χ3v) is 6.89. The van der Waals surface area contributed by atoms with Crippen LogP contribution in [0.1, 0.15) is 43.7 Å². The molecule has 0 unspecified atom stereocenters. The fourth-order valence-corrected chi connectivity index (χ4v) is 5.03. The predicted octanol–water partition coefficient (Wildman–Crippen LogP) is 5.05. The van der Waals surface area contributed by atoms with Gasteiger partial charge in [-0.3, -0.25) is 9.36 Å². The van der Waals surface area contributed by atoms with Crippen LogP contribution >= 0.6 is 11.8 Å². The molecular formula is C25H29FN4O2S. The van der Waals surface area contributed by atoms with Crippen LogP contribution in [-0.4, -0.2) is 40.1 Å². The molecule has 1 saturated carbocycles. The Morgan fingerprint density at radius 3 is 2.61 bits per heavy atom. The Bertz CT molecular complexity index is 1060. The third-order valence-electron chi connectivity index (χ3n) is 5.95. The molecule has 1 aliphatic carbocycles. The smallest absolute Gasteiger partial charge is 0.230 e. The molecule has 3 aromatic rings. The topological polar surface area (TPSA) is 69.0 Å². The number of carbonyl (C=O) groups excluding carboxylic acids is 1. The number of methoxy groups -OCH3 is 1. The Hall–Kier alpha value is -2.87. The number of nitrogens with zero attached hydrogens (tertiary/aromatic N) is 3. The van der Waals surface area contributed by atoms with Crippen molar-refractivity contribution in [3.05, 3.63) is 59.9 Å². The van der Waals surface area contributed by atoms with E-state index in [2.05, 4.69) is 15.5 Å². The van der Waals surface area contributed by atoms with Gasteiger partial charge in [0, 0.05) is 12.6 Å². The Balaban J connectivity index is 1.39.